The molecule has 2 N–H and O–H groups in total. The molecule has 8 nitrogen and oxygen atoms in total. The molecule has 0 unspecified atom stereocenters. The van der Waals surface area contributed by atoms with E-state index in [1.807, 2.05) is 54.6 Å². The number of aromatic amines is 1. The monoisotopic (exact) mass is 415 g/mol. The summed E-state index contributed by atoms with van der Waals surface area (Å²) in [6.07, 6.45) is 2.98. The standard InChI is InChI=1S/C23H21N5O3/c24-15-28-13-21(23(14-28)10-11-30-23)25-22(29)19-12-18(26-27-19)17-8-4-5-9-20(17)31-16-6-2-1-3-7-16/h1-9,12,21H,10-11,13-14H2,(H,25,29)(H,26,27)/t21-,23+/m0/s1. The number of nitriles is 1. The molecule has 2 atom stereocenters. The Hall–Kier alpha value is -3.83. The number of carbonyl (C=O) groups is 1. The Labute approximate surface area is 179 Å². The summed E-state index contributed by atoms with van der Waals surface area (Å²) in [7, 11) is 0. The summed E-state index contributed by atoms with van der Waals surface area (Å²) < 4.78 is 11.8. The minimum absolute atomic E-state index is 0.242. The third-order valence-electron chi connectivity index (χ3n) is 5.81. The molecule has 0 saturated carbocycles. The van der Waals surface area contributed by atoms with E-state index in [0.29, 0.717) is 36.8 Å². The van der Waals surface area contributed by atoms with Gasteiger partial charge in [0.05, 0.1) is 31.4 Å². The van der Waals surface area contributed by atoms with Gasteiger partial charge >= 0.3 is 0 Å². The number of hydrogen-bond acceptors (Lipinski definition) is 6. The van der Waals surface area contributed by atoms with E-state index in [2.05, 4.69) is 21.7 Å². The molecule has 8 heteroatoms. The van der Waals surface area contributed by atoms with Gasteiger partial charge in [-0.3, -0.25) is 9.89 Å². The van der Waals surface area contributed by atoms with Crippen molar-refractivity contribution in [1.82, 2.24) is 20.4 Å². The summed E-state index contributed by atoms with van der Waals surface area (Å²) >= 11 is 0. The Morgan fingerprint density at radius 2 is 2.03 bits per heavy atom. The van der Waals surface area contributed by atoms with Crippen LogP contribution in [0.3, 0.4) is 0 Å². The number of amides is 1. The number of hydrogen-bond donors (Lipinski definition) is 2. The van der Waals surface area contributed by atoms with Crippen LogP contribution in [-0.2, 0) is 4.74 Å². The lowest BCUT2D eigenvalue weighted by Crippen LogP contribution is -2.59. The highest BCUT2D eigenvalue weighted by Gasteiger charge is 2.53. The van der Waals surface area contributed by atoms with E-state index in [9.17, 15) is 10.1 Å². The van der Waals surface area contributed by atoms with Crippen LogP contribution < -0.4 is 10.1 Å². The van der Waals surface area contributed by atoms with Crippen LogP contribution in [0.5, 0.6) is 11.5 Å². The predicted octanol–water partition coefficient (Wildman–Crippen LogP) is 2.92. The van der Waals surface area contributed by atoms with Crippen LogP contribution in [0.4, 0.5) is 0 Å². The molecule has 2 saturated heterocycles. The first-order valence-corrected chi connectivity index (χ1v) is 10.1. The van der Waals surface area contributed by atoms with Crippen molar-refractivity contribution in [1.29, 1.82) is 5.26 Å². The summed E-state index contributed by atoms with van der Waals surface area (Å²) in [6, 6.07) is 18.5. The highest BCUT2D eigenvalue weighted by Crippen LogP contribution is 2.36. The van der Waals surface area contributed by atoms with Crippen molar-refractivity contribution in [3.8, 4) is 28.9 Å². The average Bonchev–Trinajstić information content (AvgIpc) is 3.40. The lowest BCUT2D eigenvalue weighted by molar-refractivity contribution is -0.147. The molecule has 31 heavy (non-hydrogen) atoms. The van der Waals surface area contributed by atoms with Gasteiger partial charge in [0.2, 0.25) is 0 Å². The average molecular weight is 415 g/mol. The fraction of sp³-hybridized carbons (Fsp3) is 0.261. The predicted molar refractivity (Wildman–Crippen MR) is 112 cm³/mol. The number of carbonyl (C=O) groups excluding carboxylic acids is 1. The van der Waals surface area contributed by atoms with E-state index in [0.717, 1.165) is 17.7 Å². The molecule has 1 spiro atoms. The van der Waals surface area contributed by atoms with Crippen LogP contribution in [0, 0.1) is 11.5 Å². The second-order valence-corrected chi connectivity index (χ2v) is 7.75. The molecule has 2 aliphatic heterocycles. The summed E-state index contributed by atoms with van der Waals surface area (Å²) in [5.74, 6) is 1.09. The number of ether oxygens (including phenoxy) is 2. The molecule has 3 aromatic rings. The zero-order valence-corrected chi connectivity index (χ0v) is 16.7. The lowest BCUT2D eigenvalue weighted by atomic mass is 9.89. The fourth-order valence-electron chi connectivity index (χ4n) is 4.10. The minimum Gasteiger partial charge on any atom is -0.457 e. The van der Waals surface area contributed by atoms with Gasteiger partial charge < -0.3 is 19.7 Å². The summed E-state index contributed by atoms with van der Waals surface area (Å²) in [6.45, 7) is 1.60. The SMILES string of the molecule is N#CN1C[C@H](NC(=O)c2cc(-c3ccccc3Oc3ccccc3)n[nH]2)[C@@]2(CCO2)C1. The Balaban J connectivity index is 1.34. The lowest BCUT2D eigenvalue weighted by Gasteiger charge is -2.42. The number of para-hydroxylation sites is 2. The number of benzene rings is 2. The molecule has 1 amide bonds. The van der Waals surface area contributed by atoms with E-state index in [-0.39, 0.29) is 11.9 Å². The molecule has 0 aliphatic carbocycles. The zero-order valence-electron chi connectivity index (χ0n) is 16.7. The number of likely N-dealkylation sites (tertiary alicyclic amines) is 1. The first-order valence-electron chi connectivity index (χ1n) is 10.1. The van der Waals surface area contributed by atoms with E-state index in [4.69, 9.17) is 9.47 Å². The maximum atomic E-state index is 12.9. The number of aromatic nitrogens is 2. The third kappa shape index (κ3) is 3.60. The van der Waals surface area contributed by atoms with Crippen LogP contribution in [0.1, 0.15) is 16.9 Å². The maximum Gasteiger partial charge on any atom is 0.269 e. The quantitative estimate of drug-likeness (QED) is 0.621. The molecular weight excluding hydrogens is 394 g/mol. The molecule has 3 heterocycles. The van der Waals surface area contributed by atoms with E-state index < -0.39 is 5.60 Å². The van der Waals surface area contributed by atoms with Gasteiger partial charge in [-0.25, -0.2) is 0 Å². The van der Waals surface area contributed by atoms with Crippen molar-refractivity contribution >= 4 is 5.91 Å². The van der Waals surface area contributed by atoms with E-state index in [1.54, 1.807) is 11.0 Å². The van der Waals surface area contributed by atoms with Gasteiger partial charge in [0.15, 0.2) is 6.19 Å². The molecule has 2 fully saturated rings. The van der Waals surface area contributed by atoms with Gasteiger partial charge in [0.1, 0.15) is 22.8 Å². The molecule has 2 aliphatic rings. The second-order valence-electron chi connectivity index (χ2n) is 7.75. The van der Waals surface area contributed by atoms with Gasteiger partial charge in [0, 0.05) is 12.0 Å². The number of nitrogens with one attached hydrogen (secondary N) is 2. The van der Waals surface area contributed by atoms with E-state index >= 15 is 0 Å². The second kappa shape index (κ2) is 7.78. The largest absolute Gasteiger partial charge is 0.457 e. The Morgan fingerprint density at radius 3 is 2.77 bits per heavy atom. The summed E-state index contributed by atoms with van der Waals surface area (Å²) in [5.41, 5.74) is 1.26. The van der Waals surface area contributed by atoms with Crippen molar-refractivity contribution < 1.29 is 14.3 Å². The van der Waals surface area contributed by atoms with Gasteiger partial charge in [-0.1, -0.05) is 30.3 Å². The maximum absolute atomic E-state index is 12.9. The molecule has 1 aromatic heterocycles. The van der Waals surface area contributed by atoms with Gasteiger partial charge in [-0.2, -0.15) is 10.4 Å². The van der Waals surface area contributed by atoms with Gasteiger partial charge in [-0.15, -0.1) is 0 Å². The van der Waals surface area contributed by atoms with Gasteiger partial charge in [0.25, 0.3) is 5.91 Å². The third-order valence-corrected chi connectivity index (χ3v) is 5.81. The van der Waals surface area contributed by atoms with Crippen molar-refractivity contribution in [3.05, 3.63) is 66.4 Å². The smallest absolute Gasteiger partial charge is 0.269 e. The summed E-state index contributed by atoms with van der Waals surface area (Å²) in [5, 5.41) is 19.4. The van der Waals surface area contributed by atoms with Gasteiger partial charge in [-0.05, 0) is 30.3 Å². The Morgan fingerprint density at radius 1 is 1.26 bits per heavy atom. The molecule has 0 bridgehead atoms. The van der Waals surface area contributed by atoms with Crippen LogP contribution in [-0.4, -0.2) is 52.3 Å². The van der Waals surface area contributed by atoms with Crippen molar-refractivity contribution in [2.24, 2.45) is 0 Å². The molecule has 156 valence electrons. The molecular formula is C23H21N5O3. The molecule has 5 rings (SSSR count). The first-order chi connectivity index (χ1) is 15.2. The van der Waals surface area contributed by atoms with Crippen LogP contribution >= 0.6 is 0 Å². The molecule has 2 aromatic carbocycles. The number of rotatable bonds is 5. The topological polar surface area (TPSA) is 103 Å². The highest BCUT2D eigenvalue weighted by molar-refractivity contribution is 5.94. The normalized spacial score (nSPS) is 22.0. The number of nitrogens with zero attached hydrogens (tertiary/aromatic N) is 3. The van der Waals surface area contributed by atoms with Crippen LogP contribution in [0.25, 0.3) is 11.3 Å². The first kappa shape index (κ1) is 19.2. The highest BCUT2D eigenvalue weighted by atomic mass is 16.5. The Kier molecular flexibility index (Phi) is 4.81. The van der Waals surface area contributed by atoms with Crippen molar-refractivity contribution in [3.63, 3.8) is 0 Å². The van der Waals surface area contributed by atoms with Crippen LogP contribution in [0.2, 0.25) is 0 Å². The number of H-pyrrole nitrogens is 1. The van der Waals surface area contributed by atoms with E-state index in [1.165, 1.54) is 0 Å². The van der Waals surface area contributed by atoms with Crippen molar-refractivity contribution in [2.75, 3.05) is 19.7 Å². The van der Waals surface area contributed by atoms with Crippen LogP contribution in [0.15, 0.2) is 60.7 Å². The Bertz CT molecular complexity index is 1130. The van der Waals surface area contributed by atoms with Crippen molar-refractivity contribution in [2.45, 2.75) is 18.1 Å². The fourth-order valence-corrected chi connectivity index (χ4v) is 4.10. The molecule has 0 radical (unpaired) electrons. The summed E-state index contributed by atoms with van der Waals surface area (Å²) in [4.78, 5) is 14.5. The minimum atomic E-state index is -0.468. The zero-order chi connectivity index (χ0) is 21.3.